The second kappa shape index (κ2) is 11.6. The molecule has 0 bridgehead atoms. The summed E-state index contributed by atoms with van der Waals surface area (Å²) in [6.07, 6.45) is 2.80. The quantitative estimate of drug-likeness (QED) is 0.515. The van der Waals surface area contributed by atoms with E-state index in [2.05, 4.69) is 17.9 Å². The van der Waals surface area contributed by atoms with Gasteiger partial charge in [-0.25, -0.2) is 0 Å². The Morgan fingerprint density at radius 2 is 1.88 bits per heavy atom. The lowest BCUT2D eigenvalue weighted by molar-refractivity contribution is 0.0766. The minimum absolute atomic E-state index is 0.0605. The average Bonchev–Trinajstić information content (AvgIpc) is 3.07. The van der Waals surface area contributed by atoms with Crippen LogP contribution in [0, 0.1) is 11.3 Å². The predicted octanol–water partition coefficient (Wildman–Crippen LogP) is 5.14. The summed E-state index contributed by atoms with van der Waals surface area (Å²) < 4.78 is 11.6. The highest BCUT2D eigenvalue weighted by molar-refractivity contribution is 6.32. The molecule has 1 aliphatic rings. The van der Waals surface area contributed by atoms with E-state index in [1.54, 1.807) is 12.1 Å². The smallest absolute Gasteiger partial charge is 0.254 e. The van der Waals surface area contributed by atoms with Crippen molar-refractivity contribution in [3.8, 4) is 17.6 Å². The molecule has 1 heterocycles. The maximum absolute atomic E-state index is 13.3. The van der Waals surface area contributed by atoms with Gasteiger partial charge in [0, 0.05) is 37.4 Å². The van der Waals surface area contributed by atoms with Crippen molar-refractivity contribution in [2.75, 3.05) is 44.3 Å². The average molecular weight is 456 g/mol. The Hall–Kier alpha value is -2.91. The zero-order valence-electron chi connectivity index (χ0n) is 18.8. The van der Waals surface area contributed by atoms with Crippen molar-refractivity contribution < 1.29 is 14.3 Å². The number of carbonyl (C=O) groups is 1. The highest BCUT2D eigenvalue weighted by Gasteiger charge is 2.23. The van der Waals surface area contributed by atoms with Crippen molar-refractivity contribution in [3.05, 3.63) is 52.5 Å². The van der Waals surface area contributed by atoms with Gasteiger partial charge in [0.25, 0.3) is 5.91 Å². The molecule has 0 unspecified atom stereocenters. The number of amides is 1. The SMILES string of the molecule is CCCCOc1c(Cl)cc(C(=O)N2CCCN(c3ccc(C#N)cc3)CC2)cc1OCC. The monoisotopic (exact) mass is 455 g/mol. The van der Waals surface area contributed by atoms with Crippen molar-refractivity contribution in [2.24, 2.45) is 0 Å². The molecule has 0 radical (unpaired) electrons. The standard InChI is InChI=1S/C25H30ClN3O3/c1-3-5-15-32-24-22(26)16-20(17-23(24)31-4-2)25(30)29-12-6-11-28(13-14-29)21-9-7-19(18-27)8-10-21/h7-10,16-17H,3-6,11-15H2,1-2H3. The van der Waals surface area contributed by atoms with Gasteiger partial charge in [0.2, 0.25) is 0 Å². The zero-order valence-corrected chi connectivity index (χ0v) is 19.5. The van der Waals surface area contributed by atoms with Gasteiger partial charge >= 0.3 is 0 Å². The Morgan fingerprint density at radius 3 is 2.56 bits per heavy atom. The number of carbonyl (C=O) groups excluding carboxylic acids is 1. The van der Waals surface area contributed by atoms with Gasteiger partial charge in [0.05, 0.1) is 29.9 Å². The van der Waals surface area contributed by atoms with Crippen LogP contribution in [0.15, 0.2) is 36.4 Å². The van der Waals surface area contributed by atoms with E-state index in [9.17, 15) is 4.79 Å². The molecular formula is C25H30ClN3O3. The highest BCUT2D eigenvalue weighted by atomic mass is 35.5. The highest BCUT2D eigenvalue weighted by Crippen LogP contribution is 2.37. The maximum atomic E-state index is 13.3. The molecule has 0 aromatic heterocycles. The Balaban J connectivity index is 1.72. The Labute approximate surface area is 195 Å². The Morgan fingerprint density at radius 1 is 1.09 bits per heavy atom. The van der Waals surface area contributed by atoms with E-state index in [0.717, 1.165) is 38.0 Å². The van der Waals surface area contributed by atoms with Crippen LogP contribution in [0.2, 0.25) is 5.02 Å². The van der Waals surface area contributed by atoms with Crippen LogP contribution in [-0.2, 0) is 0 Å². The molecule has 3 rings (SSSR count). The molecular weight excluding hydrogens is 426 g/mol. The first-order valence-corrected chi connectivity index (χ1v) is 11.6. The number of anilines is 1. The lowest BCUT2D eigenvalue weighted by Gasteiger charge is -2.24. The second-order valence-corrected chi connectivity index (χ2v) is 8.12. The van der Waals surface area contributed by atoms with Crippen molar-refractivity contribution in [1.82, 2.24) is 4.90 Å². The normalized spacial score (nSPS) is 13.9. The third kappa shape index (κ3) is 5.86. The molecule has 6 nitrogen and oxygen atoms in total. The van der Waals surface area contributed by atoms with Gasteiger partial charge in [-0.1, -0.05) is 24.9 Å². The van der Waals surface area contributed by atoms with Crippen LogP contribution in [0.25, 0.3) is 0 Å². The number of rotatable bonds is 8. The summed E-state index contributed by atoms with van der Waals surface area (Å²) >= 11 is 6.49. The van der Waals surface area contributed by atoms with Crippen LogP contribution in [0.1, 0.15) is 49.0 Å². The molecule has 0 spiro atoms. The molecule has 1 saturated heterocycles. The maximum Gasteiger partial charge on any atom is 0.254 e. The number of ether oxygens (including phenoxy) is 2. The van der Waals surface area contributed by atoms with E-state index in [0.29, 0.717) is 54.0 Å². The van der Waals surface area contributed by atoms with Gasteiger partial charge < -0.3 is 19.3 Å². The lowest BCUT2D eigenvalue weighted by Crippen LogP contribution is -2.35. The third-order valence-electron chi connectivity index (χ3n) is 5.45. The van der Waals surface area contributed by atoms with Gasteiger partial charge in [-0.2, -0.15) is 5.26 Å². The molecule has 2 aromatic rings. The Kier molecular flexibility index (Phi) is 8.64. The molecule has 1 aliphatic heterocycles. The molecule has 7 heteroatoms. The van der Waals surface area contributed by atoms with Gasteiger partial charge in [-0.15, -0.1) is 0 Å². The Bertz CT molecular complexity index is 956. The molecule has 170 valence electrons. The number of hydrogen-bond donors (Lipinski definition) is 0. The molecule has 1 amide bonds. The first kappa shape index (κ1) is 23.7. The topological polar surface area (TPSA) is 65.8 Å². The van der Waals surface area contributed by atoms with E-state index in [1.807, 2.05) is 36.1 Å². The zero-order chi connectivity index (χ0) is 22.9. The fourth-order valence-corrected chi connectivity index (χ4v) is 3.99. The molecule has 1 fully saturated rings. The van der Waals surface area contributed by atoms with Crippen LogP contribution in [0.5, 0.6) is 11.5 Å². The van der Waals surface area contributed by atoms with Gasteiger partial charge in [-0.05, 0) is 56.2 Å². The minimum Gasteiger partial charge on any atom is -0.490 e. The van der Waals surface area contributed by atoms with Crippen LogP contribution >= 0.6 is 11.6 Å². The van der Waals surface area contributed by atoms with Gasteiger partial charge in [-0.3, -0.25) is 4.79 Å². The van der Waals surface area contributed by atoms with Crippen molar-refractivity contribution in [3.63, 3.8) is 0 Å². The van der Waals surface area contributed by atoms with E-state index >= 15 is 0 Å². The van der Waals surface area contributed by atoms with Crippen LogP contribution in [0.4, 0.5) is 5.69 Å². The summed E-state index contributed by atoms with van der Waals surface area (Å²) in [6.45, 7) is 7.86. The summed E-state index contributed by atoms with van der Waals surface area (Å²) in [5, 5.41) is 9.39. The molecule has 0 N–H and O–H groups in total. The van der Waals surface area contributed by atoms with Crippen LogP contribution in [0.3, 0.4) is 0 Å². The van der Waals surface area contributed by atoms with E-state index in [4.69, 9.17) is 26.3 Å². The molecule has 0 aliphatic carbocycles. The number of nitriles is 1. The second-order valence-electron chi connectivity index (χ2n) is 7.71. The lowest BCUT2D eigenvalue weighted by atomic mass is 10.1. The predicted molar refractivity (Wildman–Crippen MR) is 127 cm³/mol. The molecule has 32 heavy (non-hydrogen) atoms. The van der Waals surface area contributed by atoms with Gasteiger partial charge in [0.15, 0.2) is 11.5 Å². The minimum atomic E-state index is -0.0605. The summed E-state index contributed by atoms with van der Waals surface area (Å²) in [6, 6.07) is 13.1. The molecule has 2 aromatic carbocycles. The van der Waals surface area contributed by atoms with Crippen LogP contribution < -0.4 is 14.4 Å². The molecule has 0 saturated carbocycles. The number of hydrogen-bond acceptors (Lipinski definition) is 5. The van der Waals surface area contributed by atoms with Crippen molar-refractivity contribution in [1.29, 1.82) is 5.26 Å². The summed E-state index contributed by atoms with van der Waals surface area (Å²) in [4.78, 5) is 17.4. The fourth-order valence-electron chi connectivity index (χ4n) is 3.72. The summed E-state index contributed by atoms with van der Waals surface area (Å²) in [7, 11) is 0. The van der Waals surface area contributed by atoms with Gasteiger partial charge in [0.1, 0.15) is 0 Å². The fraction of sp³-hybridized carbons (Fsp3) is 0.440. The number of benzene rings is 2. The third-order valence-corrected chi connectivity index (χ3v) is 5.73. The molecule has 0 atom stereocenters. The largest absolute Gasteiger partial charge is 0.490 e. The first-order chi connectivity index (χ1) is 15.6. The van der Waals surface area contributed by atoms with E-state index in [-0.39, 0.29) is 5.91 Å². The van der Waals surface area contributed by atoms with E-state index in [1.165, 1.54) is 0 Å². The van der Waals surface area contributed by atoms with E-state index < -0.39 is 0 Å². The van der Waals surface area contributed by atoms with Crippen molar-refractivity contribution in [2.45, 2.75) is 33.1 Å². The van der Waals surface area contributed by atoms with Crippen LogP contribution in [-0.4, -0.2) is 50.2 Å². The van der Waals surface area contributed by atoms with Crippen molar-refractivity contribution >= 4 is 23.2 Å². The first-order valence-electron chi connectivity index (χ1n) is 11.2. The summed E-state index contributed by atoms with van der Waals surface area (Å²) in [5.41, 5.74) is 2.21. The summed E-state index contributed by atoms with van der Waals surface area (Å²) in [5.74, 6) is 0.949. The number of nitrogens with zero attached hydrogens (tertiary/aromatic N) is 3. The number of halogens is 1. The number of unbranched alkanes of at least 4 members (excludes halogenated alkanes) is 1.